The summed E-state index contributed by atoms with van der Waals surface area (Å²) in [6.07, 6.45) is 3.46. The van der Waals surface area contributed by atoms with Gasteiger partial charge in [0.2, 0.25) is 0 Å². The van der Waals surface area contributed by atoms with Crippen LogP contribution in [0.1, 0.15) is 10.4 Å². The highest BCUT2D eigenvalue weighted by molar-refractivity contribution is 5.94. The Morgan fingerprint density at radius 1 is 1.04 bits per heavy atom. The van der Waals surface area contributed by atoms with Crippen LogP contribution in [0.4, 0.5) is 5.69 Å². The van der Waals surface area contributed by atoms with Crippen molar-refractivity contribution >= 4 is 11.6 Å². The van der Waals surface area contributed by atoms with Gasteiger partial charge >= 0.3 is 0 Å². The summed E-state index contributed by atoms with van der Waals surface area (Å²) in [6, 6.07) is 15.2. The fourth-order valence-corrected chi connectivity index (χ4v) is 2.78. The van der Waals surface area contributed by atoms with Crippen LogP contribution in [-0.4, -0.2) is 48.2 Å². The van der Waals surface area contributed by atoms with E-state index in [1.54, 1.807) is 24.5 Å². The molecule has 0 unspecified atom stereocenters. The number of para-hydroxylation sites is 1. The van der Waals surface area contributed by atoms with Gasteiger partial charge in [-0.3, -0.25) is 9.78 Å². The SMILES string of the molecule is CN(C)c1ccccc1-c1cncc(-c2ccc(C(=O)NCCO)cc2)n1. The van der Waals surface area contributed by atoms with Gasteiger partial charge in [0.05, 0.1) is 30.4 Å². The van der Waals surface area contributed by atoms with Crippen molar-refractivity contribution in [3.05, 3.63) is 66.5 Å². The lowest BCUT2D eigenvalue weighted by Gasteiger charge is -2.17. The van der Waals surface area contributed by atoms with Crippen LogP contribution < -0.4 is 10.2 Å². The number of nitrogens with zero attached hydrogens (tertiary/aromatic N) is 3. The first-order valence-electron chi connectivity index (χ1n) is 8.68. The summed E-state index contributed by atoms with van der Waals surface area (Å²) < 4.78 is 0. The van der Waals surface area contributed by atoms with E-state index < -0.39 is 0 Å². The molecule has 3 rings (SSSR count). The van der Waals surface area contributed by atoms with Gasteiger partial charge in [-0.15, -0.1) is 0 Å². The van der Waals surface area contributed by atoms with Gasteiger partial charge in [-0.05, 0) is 18.2 Å². The molecule has 6 heteroatoms. The van der Waals surface area contributed by atoms with Crippen molar-refractivity contribution in [2.45, 2.75) is 0 Å². The van der Waals surface area contributed by atoms with Crippen molar-refractivity contribution in [3.8, 4) is 22.5 Å². The maximum Gasteiger partial charge on any atom is 0.251 e. The Labute approximate surface area is 158 Å². The van der Waals surface area contributed by atoms with Crippen LogP contribution in [0.25, 0.3) is 22.5 Å². The molecule has 0 radical (unpaired) electrons. The lowest BCUT2D eigenvalue weighted by molar-refractivity contribution is 0.0945. The van der Waals surface area contributed by atoms with Crippen molar-refractivity contribution < 1.29 is 9.90 Å². The maximum absolute atomic E-state index is 11.9. The molecule has 0 spiro atoms. The predicted octanol–water partition coefficient (Wildman–Crippen LogP) is 2.60. The van der Waals surface area contributed by atoms with Crippen molar-refractivity contribution in [3.63, 3.8) is 0 Å². The van der Waals surface area contributed by atoms with E-state index >= 15 is 0 Å². The predicted molar refractivity (Wildman–Crippen MR) is 107 cm³/mol. The number of benzene rings is 2. The lowest BCUT2D eigenvalue weighted by Crippen LogP contribution is -2.26. The van der Waals surface area contributed by atoms with Crippen molar-refractivity contribution in [1.29, 1.82) is 0 Å². The first-order valence-corrected chi connectivity index (χ1v) is 8.68. The number of amides is 1. The topological polar surface area (TPSA) is 78.4 Å². The van der Waals surface area contributed by atoms with Gasteiger partial charge in [0.1, 0.15) is 0 Å². The Balaban J connectivity index is 1.89. The van der Waals surface area contributed by atoms with Crippen LogP contribution in [-0.2, 0) is 0 Å². The van der Waals surface area contributed by atoms with Crippen molar-refractivity contribution in [2.75, 3.05) is 32.1 Å². The molecule has 0 atom stereocenters. The Hall–Kier alpha value is -3.25. The highest BCUT2D eigenvalue weighted by atomic mass is 16.3. The van der Waals surface area contributed by atoms with Gasteiger partial charge < -0.3 is 15.3 Å². The molecule has 0 saturated heterocycles. The Morgan fingerprint density at radius 3 is 2.44 bits per heavy atom. The quantitative estimate of drug-likeness (QED) is 0.705. The molecule has 0 aliphatic heterocycles. The van der Waals surface area contributed by atoms with Crippen LogP contribution in [0.5, 0.6) is 0 Å². The summed E-state index contributed by atoms with van der Waals surface area (Å²) in [5.74, 6) is -0.213. The number of carbonyl (C=O) groups excluding carboxylic acids is 1. The molecule has 1 heterocycles. The molecular formula is C21H22N4O2. The molecule has 1 aromatic heterocycles. The molecule has 2 aromatic carbocycles. The molecule has 138 valence electrons. The second kappa shape index (κ2) is 8.42. The van der Waals surface area contributed by atoms with Gasteiger partial charge in [-0.25, -0.2) is 4.98 Å². The summed E-state index contributed by atoms with van der Waals surface area (Å²) in [5, 5.41) is 11.4. The van der Waals surface area contributed by atoms with E-state index in [4.69, 9.17) is 10.1 Å². The monoisotopic (exact) mass is 362 g/mol. The van der Waals surface area contributed by atoms with E-state index in [2.05, 4.69) is 10.3 Å². The molecule has 1 amide bonds. The molecule has 0 aliphatic carbocycles. The average Bonchev–Trinajstić information content (AvgIpc) is 2.72. The average molecular weight is 362 g/mol. The minimum atomic E-state index is -0.213. The second-order valence-corrected chi connectivity index (χ2v) is 6.26. The lowest BCUT2D eigenvalue weighted by atomic mass is 10.1. The zero-order valence-corrected chi connectivity index (χ0v) is 15.4. The summed E-state index contributed by atoms with van der Waals surface area (Å²) in [4.78, 5) is 23.1. The number of aromatic nitrogens is 2. The summed E-state index contributed by atoms with van der Waals surface area (Å²) in [7, 11) is 3.99. The number of hydrogen-bond donors (Lipinski definition) is 2. The Morgan fingerprint density at radius 2 is 1.74 bits per heavy atom. The summed E-state index contributed by atoms with van der Waals surface area (Å²) in [6.45, 7) is 0.153. The Kier molecular flexibility index (Phi) is 5.78. The summed E-state index contributed by atoms with van der Waals surface area (Å²) >= 11 is 0. The first kappa shape index (κ1) is 18.5. The number of rotatable bonds is 6. The van der Waals surface area contributed by atoms with E-state index in [9.17, 15) is 4.79 Å². The van der Waals surface area contributed by atoms with E-state index in [0.717, 1.165) is 28.2 Å². The Bertz CT molecular complexity index is 923. The minimum absolute atomic E-state index is 0.0827. The molecule has 3 aromatic rings. The minimum Gasteiger partial charge on any atom is -0.395 e. The van der Waals surface area contributed by atoms with Gasteiger partial charge in [-0.2, -0.15) is 0 Å². The highest BCUT2D eigenvalue weighted by Crippen LogP contribution is 2.29. The largest absolute Gasteiger partial charge is 0.395 e. The van der Waals surface area contributed by atoms with Gasteiger partial charge in [0.15, 0.2) is 0 Å². The second-order valence-electron chi connectivity index (χ2n) is 6.26. The zero-order valence-electron chi connectivity index (χ0n) is 15.4. The van der Waals surface area contributed by atoms with E-state index in [-0.39, 0.29) is 19.1 Å². The molecule has 0 saturated carbocycles. The smallest absolute Gasteiger partial charge is 0.251 e. The third kappa shape index (κ3) is 4.30. The van der Waals surface area contributed by atoms with Crippen LogP contribution in [0.15, 0.2) is 60.9 Å². The fraction of sp³-hybridized carbons (Fsp3) is 0.190. The number of nitrogens with one attached hydrogen (secondary N) is 1. The number of carbonyl (C=O) groups is 1. The molecule has 27 heavy (non-hydrogen) atoms. The molecule has 0 aliphatic rings. The van der Waals surface area contributed by atoms with E-state index in [0.29, 0.717) is 5.56 Å². The number of hydrogen-bond acceptors (Lipinski definition) is 5. The number of aliphatic hydroxyl groups is 1. The molecule has 2 N–H and O–H groups in total. The maximum atomic E-state index is 11.9. The van der Waals surface area contributed by atoms with Crippen molar-refractivity contribution in [2.24, 2.45) is 0 Å². The van der Waals surface area contributed by atoms with E-state index in [1.807, 2.05) is 55.4 Å². The summed E-state index contributed by atoms with van der Waals surface area (Å²) in [5.41, 5.74) is 5.03. The van der Waals surface area contributed by atoms with Crippen molar-refractivity contribution in [1.82, 2.24) is 15.3 Å². The van der Waals surface area contributed by atoms with Gasteiger partial charge in [0.25, 0.3) is 5.91 Å². The number of aliphatic hydroxyl groups excluding tert-OH is 1. The third-order valence-electron chi connectivity index (χ3n) is 4.14. The first-order chi connectivity index (χ1) is 13.1. The van der Waals surface area contributed by atoms with E-state index in [1.165, 1.54) is 0 Å². The highest BCUT2D eigenvalue weighted by Gasteiger charge is 2.10. The van der Waals surface area contributed by atoms with Crippen LogP contribution >= 0.6 is 0 Å². The van der Waals surface area contributed by atoms with Gasteiger partial charge in [-0.1, -0.05) is 30.3 Å². The van der Waals surface area contributed by atoms with Crippen LogP contribution in [0.3, 0.4) is 0 Å². The fourth-order valence-electron chi connectivity index (χ4n) is 2.78. The normalized spacial score (nSPS) is 10.5. The zero-order chi connectivity index (χ0) is 19.2. The number of anilines is 1. The molecule has 0 fully saturated rings. The van der Waals surface area contributed by atoms with Crippen LogP contribution in [0, 0.1) is 0 Å². The standard InChI is InChI=1S/C21H22N4O2/c1-25(2)20-6-4-3-5-17(20)19-14-22-13-18(24-19)15-7-9-16(10-8-15)21(27)23-11-12-26/h3-10,13-14,26H,11-12H2,1-2H3,(H,23,27). The third-order valence-corrected chi connectivity index (χ3v) is 4.14. The molecule has 0 bridgehead atoms. The molecule has 6 nitrogen and oxygen atoms in total. The molecular weight excluding hydrogens is 340 g/mol. The van der Waals surface area contributed by atoms with Gasteiger partial charge in [0, 0.05) is 43.0 Å². The van der Waals surface area contributed by atoms with Crippen LogP contribution in [0.2, 0.25) is 0 Å².